The second-order valence-corrected chi connectivity index (χ2v) is 3.76. The van der Waals surface area contributed by atoms with Gasteiger partial charge in [0.25, 0.3) is 0 Å². The van der Waals surface area contributed by atoms with Gasteiger partial charge >= 0.3 is 0 Å². The van der Waals surface area contributed by atoms with E-state index < -0.39 is 0 Å². The van der Waals surface area contributed by atoms with E-state index in [9.17, 15) is 0 Å². The van der Waals surface area contributed by atoms with Crippen LogP contribution in [-0.4, -0.2) is 15.0 Å². The molecule has 0 unspecified atom stereocenters. The zero-order valence-electron chi connectivity index (χ0n) is 8.94. The van der Waals surface area contributed by atoms with Gasteiger partial charge in [-0.1, -0.05) is 18.2 Å². The highest BCUT2D eigenvalue weighted by molar-refractivity contribution is 5.85. The average Bonchev–Trinajstić information content (AvgIpc) is 2.72. The van der Waals surface area contributed by atoms with Gasteiger partial charge in [0.1, 0.15) is 5.82 Å². The van der Waals surface area contributed by atoms with Crippen molar-refractivity contribution in [1.29, 1.82) is 0 Å². The highest BCUT2D eigenvalue weighted by Gasteiger charge is 2.03. The Hall–Kier alpha value is -2.16. The molecule has 0 aliphatic rings. The van der Waals surface area contributed by atoms with E-state index in [0.29, 0.717) is 0 Å². The van der Waals surface area contributed by atoms with Crippen LogP contribution in [0.5, 0.6) is 0 Å². The van der Waals surface area contributed by atoms with Gasteiger partial charge < -0.3 is 4.98 Å². The van der Waals surface area contributed by atoms with Crippen molar-refractivity contribution in [3.63, 3.8) is 0 Å². The Balaban J connectivity index is 2.19. The molecule has 16 heavy (non-hydrogen) atoms. The minimum absolute atomic E-state index is 0.788. The fraction of sp³-hybridized carbons (Fsp3) is 0.0769. The zero-order valence-corrected chi connectivity index (χ0v) is 8.94. The van der Waals surface area contributed by atoms with E-state index in [1.165, 1.54) is 5.39 Å². The fourth-order valence-electron chi connectivity index (χ4n) is 1.82. The predicted octanol–water partition coefficient (Wildman–Crippen LogP) is 2.93. The molecule has 0 aliphatic carbocycles. The van der Waals surface area contributed by atoms with E-state index in [2.05, 4.69) is 33.2 Å². The van der Waals surface area contributed by atoms with Gasteiger partial charge in [-0.3, -0.25) is 0 Å². The number of hydrogen-bond acceptors (Lipinski definition) is 2. The molecule has 0 bridgehead atoms. The van der Waals surface area contributed by atoms with Crippen molar-refractivity contribution in [2.24, 2.45) is 0 Å². The van der Waals surface area contributed by atoms with Gasteiger partial charge in [-0.2, -0.15) is 0 Å². The Kier molecular flexibility index (Phi) is 1.96. The Bertz CT molecular complexity index is 607. The van der Waals surface area contributed by atoms with Crippen LogP contribution in [0.3, 0.4) is 0 Å². The van der Waals surface area contributed by atoms with Crippen molar-refractivity contribution < 1.29 is 0 Å². The maximum absolute atomic E-state index is 4.40. The summed E-state index contributed by atoms with van der Waals surface area (Å²) in [5, 5.41) is 1.20. The van der Waals surface area contributed by atoms with Crippen LogP contribution in [0, 0.1) is 6.92 Å². The van der Waals surface area contributed by atoms with Crippen LogP contribution < -0.4 is 0 Å². The van der Waals surface area contributed by atoms with Crippen LogP contribution in [0.4, 0.5) is 0 Å². The molecule has 2 aromatic heterocycles. The molecule has 3 heteroatoms. The fourth-order valence-corrected chi connectivity index (χ4v) is 1.82. The molecule has 0 saturated carbocycles. The Morgan fingerprint density at radius 1 is 1.12 bits per heavy atom. The van der Waals surface area contributed by atoms with E-state index in [1.807, 2.05) is 25.1 Å². The third-order valence-electron chi connectivity index (χ3n) is 2.58. The molecular weight excluding hydrogens is 198 g/mol. The maximum Gasteiger partial charge on any atom is 0.125 e. The van der Waals surface area contributed by atoms with Crippen LogP contribution in [-0.2, 0) is 0 Å². The lowest BCUT2D eigenvalue weighted by atomic mass is 10.2. The van der Waals surface area contributed by atoms with Crippen LogP contribution in [0.25, 0.3) is 22.3 Å². The molecule has 0 amide bonds. The number of aromatic amines is 1. The summed E-state index contributed by atoms with van der Waals surface area (Å²) < 4.78 is 0. The Labute approximate surface area is 93.2 Å². The molecule has 78 valence electrons. The van der Waals surface area contributed by atoms with Gasteiger partial charge in [0.2, 0.25) is 0 Å². The SMILES string of the molecule is Cc1nccc(-c2cc3ccccc3[nH]2)n1. The summed E-state index contributed by atoms with van der Waals surface area (Å²) in [5.41, 5.74) is 3.10. The van der Waals surface area contributed by atoms with E-state index in [0.717, 1.165) is 22.7 Å². The number of rotatable bonds is 1. The number of H-pyrrole nitrogens is 1. The first-order valence-electron chi connectivity index (χ1n) is 5.21. The number of aromatic nitrogens is 3. The number of nitrogens with zero attached hydrogens (tertiary/aromatic N) is 2. The standard InChI is InChI=1S/C13H11N3/c1-9-14-7-6-12(15-9)13-8-10-4-2-3-5-11(10)16-13/h2-8,16H,1H3. The highest BCUT2D eigenvalue weighted by atomic mass is 14.9. The van der Waals surface area contributed by atoms with Gasteiger partial charge in [-0.05, 0) is 25.1 Å². The van der Waals surface area contributed by atoms with Gasteiger partial charge in [0.05, 0.1) is 11.4 Å². The van der Waals surface area contributed by atoms with Gasteiger partial charge in [0.15, 0.2) is 0 Å². The van der Waals surface area contributed by atoms with Crippen LogP contribution in [0.15, 0.2) is 42.6 Å². The molecule has 1 N–H and O–H groups in total. The monoisotopic (exact) mass is 209 g/mol. The van der Waals surface area contributed by atoms with E-state index in [4.69, 9.17) is 0 Å². The number of fused-ring (bicyclic) bond motifs is 1. The number of para-hydroxylation sites is 1. The average molecular weight is 209 g/mol. The van der Waals surface area contributed by atoms with Crippen LogP contribution >= 0.6 is 0 Å². The summed E-state index contributed by atoms with van der Waals surface area (Å²) in [4.78, 5) is 11.8. The summed E-state index contributed by atoms with van der Waals surface area (Å²) in [6.07, 6.45) is 1.78. The summed E-state index contributed by atoms with van der Waals surface area (Å²) >= 11 is 0. The lowest BCUT2D eigenvalue weighted by Crippen LogP contribution is -1.89. The van der Waals surface area contributed by atoms with Crippen LogP contribution in [0.1, 0.15) is 5.82 Å². The first-order valence-corrected chi connectivity index (χ1v) is 5.21. The summed E-state index contributed by atoms with van der Waals surface area (Å²) in [7, 11) is 0. The van der Waals surface area contributed by atoms with Crippen molar-refractivity contribution >= 4 is 10.9 Å². The van der Waals surface area contributed by atoms with Crippen molar-refractivity contribution in [3.05, 3.63) is 48.4 Å². The first kappa shape index (κ1) is 9.09. The second kappa shape index (κ2) is 3.45. The molecular formula is C13H11N3. The molecule has 0 radical (unpaired) electrons. The summed E-state index contributed by atoms with van der Waals surface area (Å²) in [6.45, 7) is 1.89. The largest absolute Gasteiger partial charge is 0.353 e. The van der Waals surface area contributed by atoms with Crippen molar-refractivity contribution in [1.82, 2.24) is 15.0 Å². The normalized spacial score (nSPS) is 10.8. The zero-order chi connectivity index (χ0) is 11.0. The summed E-state index contributed by atoms with van der Waals surface area (Å²) in [5.74, 6) is 0.788. The third-order valence-corrected chi connectivity index (χ3v) is 2.58. The van der Waals surface area contributed by atoms with E-state index in [1.54, 1.807) is 6.20 Å². The van der Waals surface area contributed by atoms with Crippen molar-refractivity contribution in [3.8, 4) is 11.4 Å². The molecule has 3 rings (SSSR count). The number of nitrogens with one attached hydrogen (secondary N) is 1. The molecule has 3 nitrogen and oxygen atoms in total. The maximum atomic E-state index is 4.40. The number of benzene rings is 1. The molecule has 0 saturated heterocycles. The quantitative estimate of drug-likeness (QED) is 0.669. The van der Waals surface area contributed by atoms with Gasteiger partial charge in [0, 0.05) is 17.1 Å². The highest BCUT2D eigenvalue weighted by Crippen LogP contribution is 2.21. The number of aryl methyl sites for hydroxylation is 1. The smallest absolute Gasteiger partial charge is 0.125 e. The predicted molar refractivity (Wildman–Crippen MR) is 64.1 cm³/mol. The lowest BCUT2D eigenvalue weighted by Gasteiger charge is -1.96. The molecule has 2 heterocycles. The molecule has 3 aromatic rings. The number of hydrogen-bond donors (Lipinski definition) is 1. The van der Waals surface area contributed by atoms with E-state index in [-0.39, 0.29) is 0 Å². The summed E-state index contributed by atoms with van der Waals surface area (Å²) in [6, 6.07) is 12.2. The molecule has 0 spiro atoms. The molecule has 0 fully saturated rings. The van der Waals surface area contributed by atoms with Crippen LogP contribution in [0.2, 0.25) is 0 Å². The minimum atomic E-state index is 0.788. The third kappa shape index (κ3) is 1.46. The Morgan fingerprint density at radius 3 is 2.81 bits per heavy atom. The van der Waals surface area contributed by atoms with E-state index >= 15 is 0 Å². The topological polar surface area (TPSA) is 41.6 Å². The van der Waals surface area contributed by atoms with Gasteiger partial charge in [-0.15, -0.1) is 0 Å². The van der Waals surface area contributed by atoms with Crippen molar-refractivity contribution in [2.75, 3.05) is 0 Å². The molecule has 0 aliphatic heterocycles. The Morgan fingerprint density at radius 2 is 2.00 bits per heavy atom. The van der Waals surface area contributed by atoms with Crippen molar-refractivity contribution in [2.45, 2.75) is 6.92 Å². The molecule has 0 atom stereocenters. The first-order chi connectivity index (χ1) is 7.83. The van der Waals surface area contributed by atoms with Gasteiger partial charge in [-0.25, -0.2) is 9.97 Å². The molecule has 1 aromatic carbocycles. The lowest BCUT2D eigenvalue weighted by molar-refractivity contribution is 1.05. The minimum Gasteiger partial charge on any atom is -0.353 e. The second-order valence-electron chi connectivity index (χ2n) is 3.76.